The monoisotopic (exact) mass is 349 g/mol. The fraction of sp³-hybridized carbons (Fsp3) is 0.353. The zero-order valence-electron chi connectivity index (χ0n) is 12.4. The number of aromatic amines is 1. The van der Waals surface area contributed by atoms with Crippen LogP contribution in [0.25, 0.3) is 11.3 Å². The fourth-order valence-corrected chi connectivity index (χ4v) is 4.13. The SMILES string of the molecule is O=C(N[C@@H]1C[C@H]2CC[C@@H]1N2)c1ccc(-c2ccc(Cl)cc2Cl)[nH]1. The van der Waals surface area contributed by atoms with Crippen LogP contribution in [0.4, 0.5) is 0 Å². The number of rotatable bonds is 3. The zero-order chi connectivity index (χ0) is 16.0. The van der Waals surface area contributed by atoms with Crippen LogP contribution in [0.1, 0.15) is 29.8 Å². The number of amides is 1. The summed E-state index contributed by atoms with van der Waals surface area (Å²) in [5.41, 5.74) is 2.19. The summed E-state index contributed by atoms with van der Waals surface area (Å²) in [5.74, 6) is -0.0688. The molecular weight excluding hydrogens is 333 g/mol. The largest absolute Gasteiger partial charge is 0.351 e. The second kappa shape index (κ2) is 5.86. The molecule has 1 aromatic heterocycles. The minimum absolute atomic E-state index is 0.0688. The highest BCUT2D eigenvalue weighted by molar-refractivity contribution is 6.36. The summed E-state index contributed by atoms with van der Waals surface area (Å²) in [5, 5.41) is 7.80. The topological polar surface area (TPSA) is 56.9 Å². The first-order valence-corrected chi connectivity index (χ1v) is 8.57. The molecule has 0 unspecified atom stereocenters. The van der Waals surface area contributed by atoms with E-state index in [1.165, 1.54) is 6.42 Å². The second-order valence-electron chi connectivity index (χ2n) is 6.27. The van der Waals surface area contributed by atoms with Gasteiger partial charge in [-0.3, -0.25) is 4.79 Å². The number of carbonyl (C=O) groups excluding carboxylic acids is 1. The van der Waals surface area contributed by atoms with Crippen molar-refractivity contribution in [2.24, 2.45) is 0 Å². The number of hydrogen-bond acceptors (Lipinski definition) is 2. The Morgan fingerprint density at radius 3 is 2.74 bits per heavy atom. The highest BCUT2D eigenvalue weighted by atomic mass is 35.5. The Hall–Kier alpha value is -1.49. The third-order valence-corrected chi connectivity index (χ3v) is 5.32. The molecule has 2 aliphatic heterocycles. The Bertz CT molecular complexity index is 758. The van der Waals surface area contributed by atoms with Crippen molar-refractivity contribution in [1.82, 2.24) is 15.6 Å². The molecule has 4 rings (SSSR count). The maximum Gasteiger partial charge on any atom is 0.267 e. The summed E-state index contributed by atoms with van der Waals surface area (Å²) in [6.45, 7) is 0. The molecule has 0 saturated carbocycles. The molecule has 1 aromatic carbocycles. The molecular formula is C17H17Cl2N3O. The Labute approximate surface area is 144 Å². The van der Waals surface area contributed by atoms with Crippen LogP contribution in [-0.2, 0) is 0 Å². The van der Waals surface area contributed by atoms with E-state index in [-0.39, 0.29) is 11.9 Å². The molecule has 2 bridgehead atoms. The van der Waals surface area contributed by atoms with E-state index < -0.39 is 0 Å². The van der Waals surface area contributed by atoms with Gasteiger partial charge in [0.1, 0.15) is 5.69 Å². The van der Waals surface area contributed by atoms with Crippen LogP contribution in [0.2, 0.25) is 10.0 Å². The fourth-order valence-electron chi connectivity index (χ4n) is 3.62. The third kappa shape index (κ3) is 2.87. The van der Waals surface area contributed by atoms with E-state index >= 15 is 0 Å². The molecule has 3 N–H and O–H groups in total. The number of benzene rings is 1. The van der Waals surface area contributed by atoms with Gasteiger partial charge in [0.25, 0.3) is 5.91 Å². The predicted molar refractivity (Wildman–Crippen MR) is 92.1 cm³/mol. The van der Waals surface area contributed by atoms with Crippen LogP contribution >= 0.6 is 23.2 Å². The maximum atomic E-state index is 12.4. The maximum absolute atomic E-state index is 12.4. The minimum Gasteiger partial charge on any atom is -0.351 e. The summed E-state index contributed by atoms with van der Waals surface area (Å²) in [4.78, 5) is 15.6. The lowest BCUT2D eigenvalue weighted by atomic mass is 9.95. The molecule has 2 aromatic rings. The van der Waals surface area contributed by atoms with Crippen molar-refractivity contribution in [2.45, 2.75) is 37.4 Å². The van der Waals surface area contributed by atoms with Gasteiger partial charge in [-0.1, -0.05) is 23.2 Å². The van der Waals surface area contributed by atoms with E-state index in [1.54, 1.807) is 18.2 Å². The van der Waals surface area contributed by atoms with Crippen molar-refractivity contribution in [2.75, 3.05) is 0 Å². The lowest BCUT2D eigenvalue weighted by Gasteiger charge is -2.21. The van der Waals surface area contributed by atoms with Crippen LogP contribution in [0, 0.1) is 0 Å². The quantitative estimate of drug-likeness (QED) is 0.792. The van der Waals surface area contributed by atoms with Crippen LogP contribution < -0.4 is 10.6 Å². The van der Waals surface area contributed by atoms with Gasteiger partial charge < -0.3 is 15.6 Å². The predicted octanol–water partition coefficient (Wildman–Crippen LogP) is 3.61. The molecule has 23 heavy (non-hydrogen) atoms. The van der Waals surface area contributed by atoms with Gasteiger partial charge in [-0.15, -0.1) is 0 Å². The van der Waals surface area contributed by atoms with E-state index in [0.29, 0.717) is 27.8 Å². The molecule has 2 saturated heterocycles. The first-order chi connectivity index (χ1) is 11.1. The molecule has 3 heterocycles. The van der Waals surface area contributed by atoms with Gasteiger partial charge >= 0.3 is 0 Å². The number of carbonyl (C=O) groups is 1. The number of H-pyrrole nitrogens is 1. The van der Waals surface area contributed by atoms with Gasteiger partial charge in [-0.25, -0.2) is 0 Å². The highest BCUT2D eigenvalue weighted by Crippen LogP contribution is 2.30. The molecule has 6 heteroatoms. The summed E-state index contributed by atoms with van der Waals surface area (Å²) in [6.07, 6.45) is 3.39. The van der Waals surface area contributed by atoms with Gasteiger partial charge in [0.15, 0.2) is 0 Å². The highest BCUT2D eigenvalue weighted by Gasteiger charge is 2.39. The van der Waals surface area contributed by atoms with Crippen LogP contribution in [0.5, 0.6) is 0 Å². The molecule has 0 radical (unpaired) electrons. The van der Waals surface area contributed by atoms with Crippen LogP contribution in [0.15, 0.2) is 30.3 Å². The van der Waals surface area contributed by atoms with Crippen molar-refractivity contribution in [3.63, 3.8) is 0 Å². The number of aromatic nitrogens is 1. The minimum atomic E-state index is -0.0688. The molecule has 1 amide bonds. The smallest absolute Gasteiger partial charge is 0.267 e. The van der Waals surface area contributed by atoms with Gasteiger partial charge in [-0.05, 0) is 49.6 Å². The van der Waals surface area contributed by atoms with Gasteiger partial charge in [-0.2, -0.15) is 0 Å². The third-order valence-electron chi connectivity index (χ3n) is 4.77. The van der Waals surface area contributed by atoms with Crippen molar-refractivity contribution in [3.05, 3.63) is 46.1 Å². The molecule has 3 atom stereocenters. The van der Waals surface area contributed by atoms with Gasteiger partial charge in [0.2, 0.25) is 0 Å². The molecule has 120 valence electrons. The number of hydrogen-bond donors (Lipinski definition) is 3. The normalized spacial score (nSPS) is 25.7. The average Bonchev–Trinajstić information content (AvgIpc) is 3.23. The van der Waals surface area contributed by atoms with Gasteiger partial charge in [0.05, 0.1) is 5.02 Å². The molecule has 2 aliphatic rings. The number of nitrogens with one attached hydrogen (secondary N) is 3. The molecule has 0 aliphatic carbocycles. The van der Waals surface area contributed by atoms with E-state index in [0.717, 1.165) is 24.1 Å². The summed E-state index contributed by atoms with van der Waals surface area (Å²) >= 11 is 12.1. The lowest BCUT2D eigenvalue weighted by Crippen LogP contribution is -2.43. The van der Waals surface area contributed by atoms with Crippen molar-refractivity contribution >= 4 is 29.1 Å². The standard InChI is InChI=1S/C17H17Cl2N3O/c18-9-1-3-11(12(19)7-9)13-5-6-15(21-13)17(23)22-16-8-10-2-4-14(16)20-10/h1,3,5-7,10,14,16,20-21H,2,4,8H2,(H,22,23)/t10-,14+,16-/m1/s1. The van der Waals surface area contributed by atoms with Crippen LogP contribution in [0.3, 0.4) is 0 Å². The van der Waals surface area contributed by atoms with E-state index in [9.17, 15) is 4.79 Å². The van der Waals surface area contributed by atoms with E-state index in [1.807, 2.05) is 12.1 Å². The lowest BCUT2D eigenvalue weighted by molar-refractivity contribution is 0.0926. The Balaban J connectivity index is 1.50. The van der Waals surface area contributed by atoms with E-state index in [4.69, 9.17) is 23.2 Å². The van der Waals surface area contributed by atoms with Crippen molar-refractivity contribution in [3.8, 4) is 11.3 Å². The molecule has 2 fully saturated rings. The first kappa shape index (κ1) is 15.1. The van der Waals surface area contributed by atoms with Crippen molar-refractivity contribution in [1.29, 1.82) is 0 Å². The zero-order valence-corrected chi connectivity index (χ0v) is 13.9. The number of fused-ring (bicyclic) bond motifs is 2. The summed E-state index contributed by atoms with van der Waals surface area (Å²) in [7, 11) is 0. The van der Waals surface area contributed by atoms with Gasteiger partial charge in [0, 0.05) is 34.4 Å². The summed E-state index contributed by atoms with van der Waals surface area (Å²) < 4.78 is 0. The first-order valence-electron chi connectivity index (χ1n) is 7.81. The number of halogens is 2. The Morgan fingerprint density at radius 1 is 1.17 bits per heavy atom. The average molecular weight is 350 g/mol. The summed E-state index contributed by atoms with van der Waals surface area (Å²) in [6, 6.07) is 10.2. The second-order valence-corrected chi connectivity index (χ2v) is 7.12. The molecule has 0 spiro atoms. The van der Waals surface area contributed by atoms with E-state index in [2.05, 4.69) is 15.6 Å². The van der Waals surface area contributed by atoms with Crippen molar-refractivity contribution < 1.29 is 4.79 Å². The Kier molecular flexibility index (Phi) is 3.84. The van der Waals surface area contributed by atoms with Crippen LogP contribution in [-0.4, -0.2) is 29.0 Å². The Morgan fingerprint density at radius 2 is 2.04 bits per heavy atom. The molecule has 4 nitrogen and oxygen atoms in total.